The van der Waals surface area contributed by atoms with Crippen LogP contribution in [0.1, 0.15) is 36.0 Å². The monoisotopic (exact) mass is 470 g/mol. The molecule has 4 aromatic rings. The van der Waals surface area contributed by atoms with Crippen molar-refractivity contribution in [2.75, 3.05) is 0 Å². The van der Waals surface area contributed by atoms with Crippen molar-refractivity contribution in [2.45, 2.75) is 32.7 Å². The van der Waals surface area contributed by atoms with Gasteiger partial charge in [-0.15, -0.1) is 0 Å². The third kappa shape index (κ3) is 2.86. The molecule has 0 aromatic carbocycles. The maximum Gasteiger partial charge on any atom is 0.141 e. The van der Waals surface area contributed by atoms with E-state index in [2.05, 4.69) is 61.7 Å². The highest BCUT2D eigenvalue weighted by Crippen LogP contribution is 2.45. The van der Waals surface area contributed by atoms with Crippen molar-refractivity contribution in [1.82, 2.24) is 19.7 Å². The molecule has 5 nitrogen and oxygen atoms in total. The summed E-state index contributed by atoms with van der Waals surface area (Å²) in [6, 6.07) is 8.64. The van der Waals surface area contributed by atoms with E-state index in [9.17, 15) is 0 Å². The smallest absolute Gasteiger partial charge is 0.141 e. The van der Waals surface area contributed by atoms with Crippen LogP contribution in [-0.2, 0) is 0 Å². The largest absolute Gasteiger partial charge is 0.361 e. The lowest BCUT2D eigenvalue weighted by atomic mass is 10.0. The number of nitrogens with zero attached hydrogens (tertiary/aromatic N) is 4. The summed E-state index contributed by atoms with van der Waals surface area (Å²) in [5.74, 6) is 1.46. The van der Waals surface area contributed by atoms with Crippen molar-refractivity contribution < 1.29 is 4.52 Å². The molecule has 0 bridgehead atoms. The van der Waals surface area contributed by atoms with Crippen molar-refractivity contribution in [3.8, 4) is 11.1 Å². The fraction of sp³-hybridized carbons (Fsp3) is 0.286. The van der Waals surface area contributed by atoms with E-state index in [1.165, 1.54) is 12.8 Å². The fourth-order valence-corrected chi connectivity index (χ4v) is 4.64. The highest BCUT2D eigenvalue weighted by Gasteiger charge is 2.35. The van der Waals surface area contributed by atoms with Gasteiger partial charge in [0, 0.05) is 29.7 Å². The van der Waals surface area contributed by atoms with E-state index in [1.54, 1.807) is 0 Å². The van der Waals surface area contributed by atoms with E-state index in [1.807, 2.05) is 32.3 Å². The first kappa shape index (κ1) is 16.9. The molecule has 0 N–H and O–H groups in total. The first-order valence-corrected chi connectivity index (χ1v) is 10.2. The lowest BCUT2D eigenvalue weighted by molar-refractivity contribution is 0.393. The summed E-state index contributed by atoms with van der Waals surface area (Å²) in [4.78, 5) is 9.44. The first-order valence-electron chi connectivity index (χ1n) is 9.13. The number of halogens is 1. The molecular weight excluding hydrogens is 451 g/mol. The summed E-state index contributed by atoms with van der Waals surface area (Å²) in [6.45, 7) is 3.92. The second-order valence-corrected chi connectivity index (χ2v) is 8.37. The zero-order valence-corrected chi connectivity index (χ0v) is 17.3. The van der Waals surface area contributed by atoms with Crippen molar-refractivity contribution in [1.29, 1.82) is 0 Å². The summed E-state index contributed by atoms with van der Waals surface area (Å²) in [5.41, 5.74) is 6.27. The first-order chi connectivity index (χ1) is 13.1. The van der Waals surface area contributed by atoms with E-state index >= 15 is 0 Å². The summed E-state index contributed by atoms with van der Waals surface area (Å²) in [5, 5.41) is 4.10. The van der Waals surface area contributed by atoms with Gasteiger partial charge in [-0.2, -0.15) is 0 Å². The Morgan fingerprint density at radius 3 is 2.74 bits per heavy atom. The number of aromatic nitrogens is 4. The predicted molar refractivity (Wildman–Crippen MR) is 113 cm³/mol. The molecule has 1 unspecified atom stereocenters. The summed E-state index contributed by atoms with van der Waals surface area (Å²) in [6.07, 6.45) is 8.51. The minimum Gasteiger partial charge on any atom is -0.361 e. The van der Waals surface area contributed by atoms with Crippen LogP contribution in [0.2, 0.25) is 0 Å². The van der Waals surface area contributed by atoms with Crippen LogP contribution in [0.15, 0.2) is 47.4 Å². The number of hydrogen-bond donors (Lipinski definition) is 0. The van der Waals surface area contributed by atoms with Gasteiger partial charge in [0.1, 0.15) is 11.3 Å². The second kappa shape index (κ2) is 6.44. The molecule has 4 aromatic heterocycles. The summed E-state index contributed by atoms with van der Waals surface area (Å²) in [7, 11) is 0. The maximum atomic E-state index is 5.37. The molecule has 5 rings (SSSR count). The Bertz CT molecular complexity index is 1110. The molecule has 0 radical (unpaired) electrons. The average Bonchev–Trinajstić information content (AvgIpc) is 3.38. The van der Waals surface area contributed by atoms with Crippen molar-refractivity contribution in [3.63, 3.8) is 0 Å². The molecule has 136 valence electrons. The van der Waals surface area contributed by atoms with Crippen molar-refractivity contribution in [3.05, 3.63) is 63.6 Å². The van der Waals surface area contributed by atoms with Gasteiger partial charge in [-0.25, -0.2) is 0 Å². The number of rotatable bonds is 4. The molecule has 1 saturated carbocycles. The molecule has 0 spiro atoms. The van der Waals surface area contributed by atoms with Gasteiger partial charge in [-0.3, -0.25) is 9.97 Å². The Balaban J connectivity index is 1.71. The molecule has 1 aliphatic carbocycles. The fourth-order valence-electron chi connectivity index (χ4n) is 3.92. The molecular formula is C21H19IN4O. The number of aryl methyl sites for hydroxylation is 2. The standard InChI is InChI=1S/C21H19IN4O/c1-12-19(13(2)27-25-12)15-9-18-20(24-10-15)16(22)11-26(18)21(14-6-7-14)17-5-3-4-8-23-17/h3-5,8-11,14,21H,6-7H2,1-2H3. The lowest BCUT2D eigenvalue weighted by Crippen LogP contribution is -2.13. The van der Waals surface area contributed by atoms with Crippen LogP contribution in [0.3, 0.4) is 0 Å². The van der Waals surface area contributed by atoms with Crippen molar-refractivity contribution >= 4 is 33.6 Å². The minimum atomic E-state index is 0.249. The normalized spacial score (nSPS) is 15.4. The third-order valence-corrected chi connectivity index (χ3v) is 6.09. The van der Waals surface area contributed by atoms with Gasteiger partial charge in [-0.1, -0.05) is 11.2 Å². The molecule has 6 heteroatoms. The minimum absolute atomic E-state index is 0.249. The van der Waals surface area contributed by atoms with Crippen LogP contribution in [0.25, 0.3) is 22.2 Å². The van der Waals surface area contributed by atoms with Crippen LogP contribution >= 0.6 is 22.6 Å². The maximum absolute atomic E-state index is 5.37. The molecule has 0 saturated heterocycles. The lowest BCUT2D eigenvalue weighted by Gasteiger charge is -2.19. The van der Waals surface area contributed by atoms with E-state index < -0.39 is 0 Å². The van der Waals surface area contributed by atoms with Crippen LogP contribution in [0.4, 0.5) is 0 Å². The van der Waals surface area contributed by atoms with Gasteiger partial charge < -0.3 is 9.09 Å². The van der Waals surface area contributed by atoms with Crippen molar-refractivity contribution in [2.24, 2.45) is 5.92 Å². The van der Waals surface area contributed by atoms with E-state index in [0.29, 0.717) is 5.92 Å². The van der Waals surface area contributed by atoms with Crippen LogP contribution in [-0.4, -0.2) is 19.7 Å². The van der Waals surface area contributed by atoms with Gasteiger partial charge in [0.2, 0.25) is 0 Å². The average molecular weight is 470 g/mol. The second-order valence-electron chi connectivity index (χ2n) is 7.21. The topological polar surface area (TPSA) is 56.7 Å². The zero-order chi connectivity index (χ0) is 18.5. The Hall–Kier alpha value is -2.22. The summed E-state index contributed by atoms with van der Waals surface area (Å²) < 4.78 is 8.89. The van der Waals surface area contributed by atoms with Gasteiger partial charge in [0.15, 0.2) is 0 Å². The van der Waals surface area contributed by atoms with Gasteiger partial charge in [0.25, 0.3) is 0 Å². The third-order valence-electron chi connectivity index (χ3n) is 5.31. The zero-order valence-electron chi connectivity index (χ0n) is 15.2. The Morgan fingerprint density at radius 2 is 2.07 bits per heavy atom. The molecule has 0 amide bonds. The van der Waals surface area contributed by atoms with Gasteiger partial charge in [-0.05, 0) is 73.4 Å². The summed E-state index contributed by atoms with van der Waals surface area (Å²) >= 11 is 2.38. The highest BCUT2D eigenvalue weighted by molar-refractivity contribution is 14.1. The van der Waals surface area contributed by atoms with E-state index in [-0.39, 0.29) is 6.04 Å². The van der Waals surface area contributed by atoms with Crippen LogP contribution < -0.4 is 0 Å². The number of fused-ring (bicyclic) bond motifs is 1. The van der Waals surface area contributed by atoms with E-state index in [0.717, 1.165) is 42.9 Å². The number of hydrogen-bond acceptors (Lipinski definition) is 4. The molecule has 0 aliphatic heterocycles. The quantitative estimate of drug-likeness (QED) is 0.380. The number of pyridine rings is 2. The van der Waals surface area contributed by atoms with Gasteiger partial charge >= 0.3 is 0 Å². The Kier molecular flexibility index (Phi) is 4.03. The van der Waals surface area contributed by atoms with Crippen LogP contribution in [0.5, 0.6) is 0 Å². The molecule has 1 atom stereocenters. The molecule has 1 aliphatic rings. The molecule has 1 fully saturated rings. The SMILES string of the molecule is Cc1noc(C)c1-c1cnc2c(I)cn(C(c3ccccn3)C3CC3)c2c1. The highest BCUT2D eigenvalue weighted by atomic mass is 127. The predicted octanol–water partition coefficient (Wildman–Crippen LogP) is 5.31. The van der Waals surface area contributed by atoms with Crippen LogP contribution in [0, 0.1) is 23.3 Å². The van der Waals surface area contributed by atoms with E-state index in [4.69, 9.17) is 9.51 Å². The molecule has 4 heterocycles. The molecule has 27 heavy (non-hydrogen) atoms. The van der Waals surface area contributed by atoms with Gasteiger partial charge in [0.05, 0.1) is 26.5 Å². The Labute approximate surface area is 170 Å². The Morgan fingerprint density at radius 1 is 1.22 bits per heavy atom.